The van der Waals surface area contributed by atoms with Gasteiger partial charge in [-0.3, -0.25) is 4.79 Å². The molecule has 1 heterocycles. The number of rotatable bonds is 1. The van der Waals surface area contributed by atoms with Gasteiger partial charge in [0.25, 0.3) is 5.91 Å². The van der Waals surface area contributed by atoms with Gasteiger partial charge in [0.2, 0.25) is 0 Å². The normalized spacial score (nSPS) is 16.5. The summed E-state index contributed by atoms with van der Waals surface area (Å²) in [6.07, 6.45) is 2.59. The molecule has 0 unspecified atom stereocenters. The Labute approximate surface area is 107 Å². The van der Waals surface area contributed by atoms with E-state index in [4.69, 9.17) is 11.6 Å². The van der Waals surface area contributed by atoms with Crippen LogP contribution in [0, 0.1) is 3.57 Å². The summed E-state index contributed by atoms with van der Waals surface area (Å²) in [5.41, 5.74) is 0.909. The third-order valence-electron chi connectivity index (χ3n) is 2.26. The Bertz CT molecular complexity index is 413. The van der Waals surface area contributed by atoms with Crippen LogP contribution >= 0.6 is 34.2 Å². The number of amides is 1. The highest BCUT2D eigenvalue weighted by molar-refractivity contribution is 14.1. The van der Waals surface area contributed by atoms with Gasteiger partial charge in [-0.15, -0.1) is 0 Å². The molecule has 0 atom stereocenters. The van der Waals surface area contributed by atoms with Crippen LogP contribution in [0.15, 0.2) is 35.4 Å². The number of halogens is 2. The third-order valence-corrected chi connectivity index (χ3v) is 3.30. The van der Waals surface area contributed by atoms with Gasteiger partial charge in [-0.05, 0) is 53.3 Å². The van der Waals surface area contributed by atoms with Gasteiger partial charge in [-0.25, -0.2) is 0 Å². The minimum atomic E-state index is -0.107. The predicted molar refractivity (Wildman–Crippen MR) is 70.1 cm³/mol. The predicted octanol–water partition coefficient (Wildman–Crippen LogP) is 3.15. The molecule has 1 amide bonds. The smallest absolute Gasteiger partial charge is 0.269 e. The van der Waals surface area contributed by atoms with Gasteiger partial charge < -0.3 is 4.90 Å². The third kappa shape index (κ3) is 2.34. The summed E-state index contributed by atoms with van der Waals surface area (Å²) in [5, 5.41) is 0.319. The topological polar surface area (TPSA) is 20.3 Å². The van der Waals surface area contributed by atoms with Crippen LogP contribution in [-0.2, 0) is 4.79 Å². The van der Waals surface area contributed by atoms with Crippen molar-refractivity contribution in [2.75, 3.05) is 11.4 Å². The molecule has 0 N–H and O–H groups in total. The lowest BCUT2D eigenvalue weighted by Gasteiger charge is -2.25. The fraction of sp³-hybridized carbons (Fsp3) is 0.182. The summed E-state index contributed by atoms with van der Waals surface area (Å²) >= 11 is 8.05. The summed E-state index contributed by atoms with van der Waals surface area (Å²) in [6.45, 7) is 0.704. The van der Waals surface area contributed by atoms with Crippen LogP contribution in [0.5, 0.6) is 0 Å². The molecule has 78 valence electrons. The quantitative estimate of drug-likeness (QED) is 0.723. The van der Waals surface area contributed by atoms with Gasteiger partial charge in [-0.2, -0.15) is 0 Å². The van der Waals surface area contributed by atoms with Crippen LogP contribution < -0.4 is 4.90 Å². The molecule has 1 aliphatic rings. The van der Waals surface area contributed by atoms with E-state index in [9.17, 15) is 4.79 Å². The Hall–Kier alpha value is -0.550. The van der Waals surface area contributed by atoms with Gasteiger partial charge >= 0.3 is 0 Å². The number of benzene rings is 1. The lowest BCUT2D eigenvalue weighted by atomic mass is 10.2. The Balaban J connectivity index is 2.28. The van der Waals surface area contributed by atoms with Crippen LogP contribution in [0.25, 0.3) is 0 Å². The Morgan fingerprint density at radius 1 is 1.27 bits per heavy atom. The zero-order valence-corrected chi connectivity index (χ0v) is 10.8. The second kappa shape index (κ2) is 4.53. The molecule has 0 bridgehead atoms. The summed E-state index contributed by atoms with van der Waals surface area (Å²) in [4.78, 5) is 13.4. The fourth-order valence-corrected chi connectivity index (χ4v) is 2.08. The van der Waals surface area contributed by atoms with Gasteiger partial charge in [0, 0.05) is 15.8 Å². The van der Waals surface area contributed by atoms with E-state index < -0.39 is 0 Å². The molecule has 0 spiro atoms. The van der Waals surface area contributed by atoms with Crippen molar-refractivity contribution < 1.29 is 4.79 Å². The molecule has 0 fully saturated rings. The van der Waals surface area contributed by atoms with Gasteiger partial charge in [0.05, 0.1) is 0 Å². The second-order valence-electron chi connectivity index (χ2n) is 3.27. The standard InChI is InChI=1S/C11H9ClINO/c12-10-2-1-7-14(11(10)15)9-5-3-8(13)4-6-9/h2-6H,1,7H2. The molecule has 1 aliphatic heterocycles. The van der Waals surface area contributed by atoms with Crippen molar-refractivity contribution in [1.29, 1.82) is 0 Å². The zero-order valence-electron chi connectivity index (χ0n) is 7.91. The fourth-order valence-electron chi connectivity index (χ4n) is 1.51. The average molecular weight is 334 g/mol. The molecule has 2 nitrogen and oxygen atoms in total. The van der Waals surface area contributed by atoms with Crippen molar-refractivity contribution in [3.63, 3.8) is 0 Å². The van der Waals surface area contributed by atoms with Crippen molar-refractivity contribution in [3.05, 3.63) is 38.9 Å². The Morgan fingerprint density at radius 2 is 1.93 bits per heavy atom. The molecule has 1 aromatic carbocycles. The minimum Gasteiger partial charge on any atom is -0.307 e. The highest BCUT2D eigenvalue weighted by Crippen LogP contribution is 2.23. The average Bonchev–Trinajstić information content (AvgIpc) is 2.24. The lowest BCUT2D eigenvalue weighted by Crippen LogP contribution is -2.34. The summed E-state index contributed by atoms with van der Waals surface area (Å²) < 4.78 is 1.16. The first-order chi connectivity index (χ1) is 7.18. The Morgan fingerprint density at radius 3 is 2.60 bits per heavy atom. The number of anilines is 1. The van der Waals surface area contributed by atoms with E-state index in [1.807, 2.05) is 24.3 Å². The van der Waals surface area contributed by atoms with E-state index in [-0.39, 0.29) is 5.91 Å². The molecule has 0 saturated heterocycles. The number of carbonyl (C=O) groups excluding carboxylic acids is 1. The van der Waals surface area contributed by atoms with E-state index >= 15 is 0 Å². The molecule has 4 heteroatoms. The molecule has 1 aromatic rings. The van der Waals surface area contributed by atoms with Crippen LogP contribution in [0.4, 0.5) is 5.69 Å². The van der Waals surface area contributed by atoms with Crippen molar-refractivity contribution in [2.24, 2.45) is 0 Å². The maximum atomic E-state index is 11.7. The lowest BCUT2D eigenvalue weighted by molar-refractivity contribution is -0.114. The van der Waals surface area contributed by atoms with Gasteiger partial charge in [0.1, 0.15) is 5.03 Å². The van der Waals surface area contributed by atoms with Crippen LogP contribution in [0.3, 0.4) is 0 Å². The van der Waals surface area contributed by atoms with E-state index in [0.717, 1.165) is 15.7 Å². The van der Waals surface area contributed by atoms with E-state index in [1.165, 1.54) is 0 Å². The molecular weight excluding hydrogens is 324 g/mol. The summed E-state index contributed by atoms with van der Waals surface area (Å²) in [5.74, 6) is -0.107. The number of nitrogens with zero attached hydrogens (tertiary/aromatic N) is 1. The maximum absolute atomic E-state index is 11.7. The maximum Gasteiger partial charge on any atom is 0.269 e. The molecule has 0 aliphatic carbocycles. The second-order valence-corrected chi connectivity index (χ2v) is 4.93. The van der Waals surface area contributed by atoms with Crippen LogP contribution in [-0.4, -0.2) is 12.5 Å². The van der Waals surface area contributed by atoms with Gasteiger partial charge in [-0.1, -0.05) is 17.7 Å². The molecule has 0 saturated carbocycles. The minimum absolute atomic E-state index is 0.107. The monoisotopic (exact) mass is 333 g/mol. The summed E-state index contributed by atoms with van der Waals surface area (Å²) in [7, 11) is 0. The van der Waals surface area contributed by atoms with Crippen LogP contribution in [0.2, 0.25) is 0 Å². The number of carbonyl (C=O) groups is 1. The van der Waals surface area contributed by atoms with Crippen molar-refractivity contribution in [1.82, 2.24) is 0 Å². The largest absolute Gasteiger partial charge is 0.307 e. The highest BCUT2D eigenvalue weighted by Gasteiger charge is 2.21. The molecular formula is C11H9ClINO. The number of hydrogen-bond donors (Lipinski definition) is 0. The van der Waals surface area contributed by atoms with Crippen molar-refractivity contribution in [3.8, 4) is 0 Å². The van der Waals surface area contributed by atoms with E-state index in [1.54, 1.807) is 11.0 Å². The first-order valence-electron chi connectivity index (χ1n) is 4.61. The molecule has 2 rings (SSSR count). The Kier molecular flexibility index (Phi) is 3.31. The number of hydrogen-bond acceptors (Lipinski definition) is 1. The van der Waals surface area contributed by atoms with Gasteiger partial charge in [0.15, 0.2) is 0 Å². The van der Waals surface area contributed by atoms with Crippen LogP contribution in [0.1, 0.15) is 6.42 Å². The van der Waals surface area contributed by atoms with Crippen molar-refractivity contribution in [2.45, 2.75) is 6.42 Å². The zero-order chi connectivity index (χ0) is 10.8. The SMILES string of the molecule is O=C1C(Cl)=CCCN1c1ccc(I)cc1. The molecule has 0 radical (unpaired) electrons. The molecule has 0 aromatic heterocycles. The first kappa shape index (κ1) is 11.0. The van der Waals surface area contributed by atoms with Crippen molar-refractivity contribution >= 4 is 45.8 Å². The summed E-state index contributed by atoms with van der Waals surface area (Å²) in [6, 6.07) is 7.84. The highest BCUT2D eigenvalue weighted by atomic mass is 127. The molecule has 15 heavy (non-hydrogen) atoms. The van der Waals surface area contributed by atoms with E-state index in [0.29, 0.717) is 11.6 Å². The first-order valence-corrected chi connectivity index (χ1v) is 6.07. The van der Waals surface area contributed by atoms with E-state index in [2.05, 4.69) is 22.6 Å².